The Kier molecular flexibility index (Phi) is 6.43. The fourth-order valence-electron chi connectivity index (χ4n) is 2.70. The average molecular weight is 409 g/mol. The maximum Gasteiger partial charge on any atom is 0.412 e. The molecule has 9 nitrogen and oxygen atoms in total. The van der Waals surface area contributed by atoms with Crippen LogP contribution in [0.3, 0.4) is 0 Å². The number of aliphatic carboxylic acids is 1. The predicted molar refractivity (Wildman–Crippen MR) is 108 cm³/mol. The van der Waals surface area contributed by atoms with E-state index < -0.39 is 24.2 Å². The van der Waals surface area contributed by atoms with E-state index >= 15 is 0 Å². The molecule has 9 heteroatoms. The van der Waals surface area contributed by atoms with Crippen LogP contribution in [-0.2, 0) is 22.7 Å². The molecule has 0 aliphatic heterocycles. The molecule has 0 bridgehead atoms. The third-order valence-electron chi connectivity index (χ3n) is 4.14. The first-order valence-corrected chi connectivity index (χ1v) is 8.91. The first-order valence-electron chi connectivity index (χ1n) is 8.91. The number of amides is 1. The Balaban J connectivity index is 1.84. The molecule has 0 saturated carbocycles. The highest BCUT2D eigenvalue weighted by molar-refractivity contribution is 5.84. The number of ether oxygens (including phenoxy) is 2. The summed E-state index contributed by atoms with van der Waals surface area (Å²) >= 11 is 0. The summed E-state index contributed by atoms with van der Waals surface area (Å²) in [5.41, 5.74) is 0.401. The molecule has 0 unspecified atom stereocenters. The van der Waals surface area contributed by atoms with Gasteiger partial charge in [-0.1, -0.05) is 30.3 Å². The number of hydrogen-bond acceptors (Lipinski definition) is 6. The van der Waals surface area contributed by atoms with Gasteiger partial charge >= 0.3 is 12.1 Å². The minimum absolute atomic E-state index is 0.0212. The van der Waals surface area contributed by atoms with E-state index in [-0.39, 0.29) is 18.1 Å². The molecule has 2 N–H and O–H groups in total. The third-order valence-corrected chi connectivity index (χ3v) is 4.14. The second kappa shape index (κ2) is 9.37. The highest BCUT2D eigenvalue weighted by Gasteiger charge is 2.16. The van der Waals surface area contributed by atoms with Gasteiger partial charge in [-0.3, -0.25) is 19.5 Å². The van der Waals surface area contributed by atoms with Crippen molar-refractivity contribution in [3.05, 3.63) is 76.7 Å². The first-order chi connectivity index (χ1) is 14.5. The highest BCUT2D eigenvalue weighted by atomic mass is 16.5. The van der Waals surface area contributed by atoms with Crippen molar-refractivity contribution in [2.75, 3.05) is 12.4 Å². The number of nitrogens with zero attached hydrogens (tertiary/aromatic N) is 2. The zero-order valence-corrected chi connectivity index (χ0v) is 16.1. The molecular weight excluding hydrogens is 390 g/mol. The van der Waals surface area contributed by atoms with Gasteiger partial charge in [0.05, 0.1) is 13.3 Å². The van der Waals surface area contributed by atoms with Crippen LogP contribution in [0.4, 0.5) is 10.5 Å². The zero-order chi connectivity index (χ0) is 21.5. The Morgan fingerprint density at radius 3 is 2.43 bits per heavy atom. The quantitative estimate of drug-likeness (QED) is 0.616. The van der Waals surface area contributed by atoms with E-state index in [1.165, 1.54) is 13.3 Å². The number of rotatable bonds is 7. The van der Waals surface area contributed by atoms with Gasteiger partial charge in [-0.25, -0.2) is 9.78 Å². The number of anilines is 1. The summed E-state index contributed by atoms with van der Waals surface area (Å²) in [6, 6.07) is 15.7. The topological polar surface area (TPSA) is 120 Å². The second-order valence-electron chi connectivity index (χ2n) is 6.20. The Morgan fingerprint density at radius 1 is 1.10 bits per heavy atom. The van der Waals surface area contributed by atoms with Crippen molar-refractivity contribution < 1.29 is 24.2 Å². The number of aromatic nitrogens is 2. The maximum atomic E-state index is 12.8. The molecule has 0 aliphatic rings. The lowest BCUT2D eigenvalue weighted by molar-refractivity contribution is -0.137. The number of hydrogen-bond donors (Lipinski definition) is 2. The van der Waals surface area contributed by atoms with Crippen molar-refractivity contribution in [3.8, 4) is 17.1 Å². The highest BCUT2D eigenvalue weighted by Crippen LogP contribution is 2.20. The van der Waals surface area contributed by atoms with Crippen molar-refractivity contribution in [1.82, 2.24) is 9.55 Å². The van der Waals surface area contributed by atoms with E-state index in [1.54, 1.807) is 36.4 Å². The number of nitrogens with one attached hydrogen (secondary N) is 1. The van der Waals surface area contributed by atoms with E-state index in [4.69, 9.17) is 9.47 Å². The number of methoxy groups -OCH3 is 1. The monoisotopic (exact) mass is 409 g/mol. The molecule has 1 amide bonds. The van der Waals surface area contributed by atoms with Gasteiger partial charge in [0, 0.05) is 5.56 Å². The van der Waals surface area contributed by atoms with Crippen LogP contribution >= 0.6 is 0 Å². The lowest BCUT2D eigenvalue weighted by Gasteiger charge is -2.13. The molecule has 0 radical (unpaired) electrons. The van der Waals surface area contributed by atoms with Crippen LogP contribution in [0.5, 0.6) is 5.75 Å². The molecule has 3 rings (SSSR count). The van der Waals surface area contributed by atoms with Gasteiger partial charge < -0.3 is 14.6 Å². The molecule has 30 heavy (non-hydrogen) atoms. The summed E-state index contributed by atoms with van der Waals surface area (Å²) in [6.07, 6.45) is 0.320. The number of carbonyl (C=O) groups excluding carboxylic acids is 1. The fraction of sp³-hybridized carbons (Fsp3) is 0.143. The summed E-state index contributed by atoms with van der Waals surface area (Å²) < 4.78 is 11.2. The van der Waals surface area contributed by atoms with Crippen molar-refractivity contribution in [3.63, 3.8) is 0 Å². The smallest absolute Gasteiger partial charge is 0.412 e. The summed E-state index contributed by atoms with van der Waals surface area (Å²) in [5.74, 6) is -0.476. The second-order valence-corrected chi connectivity index (χ2v) is 6.20. The van der Waals surface area contributed by atoms with Crippen molar-refractivity contribution >= 4 is 17.7 Å². The molecule has 0 saturated heterocycles. The van der Waals surface area contributed by atoms with Crippen LogP contribution in [0, 0.1) is 0 Å². The molecule has 0 aliphatic carbocycles. The number of carboxylic acid groups (broad SMARTS) is 1. The molecule has 0 spiro atoms. The summed E-state index contributed by atoms with van der Waals surface area (Å²) in [7, 11) is 1.52. The van der Waals surface area contributed by atoms with Gasteiger partial charge in [0.1, 0.15) is 30.4 Å². The van der Waals surface area contributed by atoms with Crippen molar-refractivity contribution in [1.29, 1.82) is 0 Å². The van der Waals surface area contributed by atoms with Gasteiger partial charge in [-0.2, -0.15) is 0 Å². The van der Waals surface area contributed by atoms with E-state index in [1.807, 2.05) is 18.2 Å². The van der Waals surface area contributed by atoms with Crippen LogP contribution < -0.4 is 15.6 Å². The minimum atomic E-state index is -1.22. The standard InChI is InChI=1S/C21H19N3O6/c1-29-16-9-7-15(8-10-16)19-22-11-17(20(27)24(19)12-18(25)26)23-21(28)30-13-14-5-3-2-4-6-14/h2-11H,12-13H2,1H3,(H,23,28)(H,25,26). The van der Waals surface area contributed by atoms with Crippen LogP contribution in [0.25, 0.3) is 11.4 Å². The van der Waals surface area contributed by atoms with Crippen molar-refractivity contribution in [2.45, 2.75) is 13.2 Å². The van der Waals surface area contributed by atoms with Gasteiger partial charge in [-0.05, 0) is 29.8 Å². The lowest BCUT2D eigenvalue weighted by atomic mass is 10.2. The maximum absolute atomic E-state index is 12.8. The van der Waals surface area contributed by atoms with E-state index in [9.17, 15) is 19.5 Å². The van der Waals surface area contributed by atoms with Crippen LogP contribution in [0.15, 0.2) is 65.6 Å². The summed E-state index contributed by atoms with van der Waals surface area (Å²) in [6.45, 7) is -0.602. The van der Waals surface area contributed by atoms with Gasteiger partial charge in [0.25, 0.3) is 5.56 Å². The molecule has 154 valence electrons. The minimum Gasteiger partial charge on any atom is -0.497 e. The third kappa shape index (κ3) is 5.02. The summed E-state index contributed by atoms with van der Waals surface area (Å²) in [4.78, 5) is 40.3. The van der Waals surface area contributed by atoms with Crippen molar-refractivity contribution in [2.24, 2.45) is 0 Å². The normalized spacial score (nSPS) is 10.3. The molecule has 1 aromatic heterocycles. The molecule has 0 fully saturated rings. The Morgan fingerprint density at radius 2 is 1.80 bits per heavy atom. The molecule has 3 aromatic rings. The van der Waals surface area contributed by atoms with Crippen LogP contribution in [0.1, 0.15) is 5.56 Å². The molecule has 0 atom stereocenters. The first kappa shape index (κ1) is 20.6. The van der Waals surface area contributed by atoms with Crippen LogP contribution in [0.2, 0.25) is 0 Å². The lowest BCUT2D eigenvalue weighted by Crippen LogP contribution is -2.30. The Bertz CT molecular complexity index is 1090. The van der Waals surface area contributed by atoms with Gasteiger partial charge in [0.15, 0.2) is 0 Å². The van der Waals surface area contributed by atoms with Gasteiger partial charge in [0.2, 0.25) is 0 Å². The number of carboxylic acids is 1. The SMILES string of the molecule is COc1ccc(-c2ncc(NC(=O)OCc3ccccc3)c(=O)n2CC(=O)O)cc1. The number of carbonyl (C=O) groups is 2. The van der Waals surface area contributed by atoms with E-state index in [0.29, 0.717) is 11.3 Å². The number of benzene rings is 2. The molecule has 2 aromatic carbocycles. The summed E-state index contributed by atoms with van der Waals surface area (Å²) in [5, 5.41) is 11.5. The molecular formula is C21H19N3O6. The predicted octanol–water partition coefficient (Wildman–Crippen LogP) is 2.75. The van der Waals surface area contributed by atoms with Gasteiger partial charge in [-0.15, -0.1) is 0 Å². The largest absolute Gasteiger partial charge is 0.497 e. The Hall–Kier alpha value is -4.14. The zero-order valence-electron chi connectivity index (χ0n) is 16.1. The fourth-order valence-corrected chi connectivity index (χ4v) is 2.70. The average Bonchev–Trinajstić information content (AvgIpc) is 2.76. The van der Waals surface area contributed by atoms with E-state index in [0.717, 1.165) is 10.1 Å². The Labute approximate surface area is 171 Å². The molecule has 1 heterocycles. The van der Waals surface area contributed by atoms with Crippen LogP contribution in [-0.4, -0.2) is 33.8 Å². The van der Waals surface area contributed by atoms with E-state index in [2.05, 4.69) is 10.3 Å².